The Bertz CT molecular complexity index is 597. The molecule has 0 unspecified atom stereocenters. The lowest BCUT2D eigenvalue weighted by Crippen LogP contribution is -2.12. The maximum atomic E-state index is 13.1. The van der Waals surface area contributed by atoms with Crippen LogP contribution in [0.1, 0.15) is 10.4 Å². The van der Waals surface area contributed by atoms with Crippen molar-refractivity contribution in [1.82, 2.24) is 5.16 Å². The lowest BCUT2D eigenvalue weighted by Gasteiger charge is -2.01. The van der Waals surface area contributed by atoms with Crippen LogP contribution in [0.25, 0.3) is 0 Å². The number of carbonyl (C=O) groups is 1. The quantitative estimate of drug-likeness (QED) is 0.664. The lowest BCUT2D eigenvalue weighted by atomic mass is 10.2. The molecule has 92 valence electrons. The van der Waals surface area contributed by atoms with E-state index >= 15 is 0 Å². The number of rotatable bonds is 3. The number of aromatic nitrogens is 1. The Morgan fingerprint density at radius 1 is 1.44 bits per heavy atom. The van der Waals surface area contributed by atoms with Gasteiger partial charge in [-0.1, -0.05) is 5.16 Å². The van der Waals surface area contributed by atoms with Crippen LogP contribution in [-0.2, 0) is 0 Å². The van der Waals surface area contributed by atoms with Gasteiger partial charge in [0.1, 0.15) is 6.26 Å². The highest BCUT2D eigenvalue weighted by atomic mass is 19.1. The first-order valence-corrected chi connectivity index (χ1v) is 4.73. The Balaban J connectivity index is 2.26. The maximum absolute atomic E-state index is 13.1. The first-order chi connectivity index (χ1) is 8.58. The molecule has 2 rings (SSSR count). The number of anilines is 1. The summed E-state index contributed by atoms with van der Waals surface area (Å²) in [6.45, 7) is 0. The van der Waals surface area contributed by atoms with E-state index in [1.165, 1.54) is 12.3 Å². The molecule has 2 aromatic rings. The number of nitrogens with zero attached hydrogens (tertiary/aromatic N) is 2. The van der Waals surface area contributed by atoms with Gasteiger partial charge in [0.2, 0.25) is 5.82 Å². The highest BCUT2D eigenvalue weighted by molar-refractivity contribution is 6.04. The van der Waals surface area contributed by atoms with E-state index in [1.54, 1.807) is 0 Å². The van der Waals surface area contributed by atoms with Gasteiger partial charge in [0.25, 0.3) is 5.91 Å². The Morgan fingerprint density at radius 3 is 2.83 bits per heavy atom. The highest BCUT2D eigenvalue weighted by Gasteiger charge is 2.17. The average Bonchev–Trinajstić information content (AvgIpc) is 2.81. The fourth-order valence-corrected chi connectivity index (χ4v) is 1.26. The lowest BCUT2D eigenvalue weighted by molar-refractivity contribution is -0.387. The maximum Gasteiger partial charge on any atom is 0.305 e. The largest absolute Gasteiger partial charge is 0.363 e. The van der Waals surface area contributed by atoms with Crippen LogP contribution in [0.5, 0.6) is 0 Å². The van der Waals surface area contributed by atoms with Crippen molar-refractivity contribution in [3.05, 3.63) is 52.0 Å². The molecule has 0 aliphatic carbocycles. The molecular formula is C10H6FN3O4. The fourth-order valence-electron chi connectivity index (χ4n) is 1.26. The van der Waals surface area contributed by atoms with Gasteiger partial charge in [-0.3, -0.25) is 14.9 Å². The van der Waals surface area contributed by atoms with E-state index in [2.05, 4.69) is 15.0 Å². The SMILES string of the molecule is O=C(Nc1ccon1)c1ccc(F)c([N+](=O)[O-])c1. The average molecular weight is 251 g/mol. The zero-order chi connectivity index (χ0) is 13.1. The summed E-state index contributed by atoms with van der Waals surface area (Å²) in [5.41, 5.74) is -0.811. The van der Waals surface area contributed by atoms with E-state index in [1.807, 2.05) is 0 Å². The van der Waals surface area contributed by atoms with Gasteiger partial charge in [-0.25, -0.2) is 0 Å². The van der Waals surface area contributed by atoms with Gasteiger partial charge in [0.05, 0.1) is 4.92 Å². The Labute approximate surface area is 99.3 Å². The van der Waals surface area contributed by atoms with Gasteiger partial charge in [-0.15, -0.1) is 0 Å². The fraction of sp³-hybridized carbons (Fsp3) is 0. The molecular weight excluding hydrogens is 245 g/mol. The van der Waals surface area contributed by atoms with Crippen LogP contribution >= 0.6 is 0 Å². The first-order valence-electron chi connectivity index (χ1n) is 4.73. The van der Waals surface area contributed by atoms with Crippen LogP contribution in [0.15, 0.2) is 35.1 Å². The number of nitro benzene ring substituents is 1. The van der Waals surface area contributed by atoms with Crippen LogP contribution in [-0.4, -0.2) is 16.0 Å². The van der Waals surface area contributed by atoms with Gasteiger partial charge < -0.3 is 9.84 Å². The van der Waals surface area contributed by atoms with Crippen LogP contribution < -0.4 is 5.32 Å². The van der Waals surface area contributed by atoms with Gasteiger partial charge in [-0.2, -0.15) is 4.39 Å². The molecule has 7 nitrogen and oxygen atoms in total. The molecule has 1 heterocycles. The van der Waals surface area contributed by atoms with Crippen molar-refractivity contribution in [2.75, 3.05) is 5.32 Å². The summed E-state index contributed by atoms with van der Waals surface area (Å²) in [6.07, 6.45) is 1.25. The van der Waals surface area contributed by atoms with Gasteiger partial charge >= 0.3 is 5.69 Å². The predicted octanol–water partition coefficient (Wildman–Crippen LogP) is 1.97. The summed E-state index contributed by atoms with van der Waals surface area (Å²) in [7, 11) is 0. The summed E-state index contributed by atoms with van der Waals surface area (Å²) >= 11 is 0. The van der Waals surface area contributed by atoms with Crippen molar-refractivity contribution in [2.24, 2.45) is 0 Å². The summed E-state index contributed by atoms with van der Waals surface area (Å²) < 4.78 is 17.6. The second-order valence-electron chi connectivity index (χ2n) is 3.26. The summed E-state index contributed by atoms with van der Waals surface area (Å²) in [5, 5.41) is 16.3. The summed E-state index contributed by atoms with van der Waals surface area (Å²) in [4.78, 5) is 21.3. The minimum absolute atomic E-state index is 0.0499. The molecule has 1 aromatic carbocycles. The molecule has 0 atom stereocenters. The number of hydrogen-bond donors (Lipinski definition) is 1. The van der Waals surface area contributed by atoms with E-state index in [4.69, 9.17) is 0 Å². The van der Waals surface area contributed by atoms with Gasteiger partial charge in [0.15, 0.2) is 5.82 Å². The van der Waals surface area contributed by atoms with E-state index in [0.29, 0.717) is 0 Å². The minimum atomic E-state index is -1.00. The van der Waals surface area contributed by atoms with E-state index in [-0.39, 0.29) is 11.4 Å². The molecule has 0 bridgehead atoms. The third-order valence-electron chi connectivity index (χ3n) is 2.08. The number of hydrogen-bond acceptors (Lipinski definition) is 5. The molecule has 1 N–H and O–H groups in total. The van der Waals surface area contributed by atoms with Crippen molar-refractivity contribution < 1.29 is 18.6 Å². The third-order valence-corrected chi connectivity index (χ3v) is 2.08. The number of benzene rings is 1. The smallest absolute Gasteiger partial charge is 0.305 e. The molecule has 0 radical (unpaired) electrons. The number of carbonyl (C=O) groups excluding carboxylic acids is 1. The zero-order valence-electron chi connectivity index (χ0n) is 8.79. The zero-order valence-corrected chi connectivity index (χ0v) is 8.79. The molecule has 18 heavy (non-hydrogen) atoms. The molecule has 0 spiro atoms. The van der Waals surface area contributed by atoms with E-state index in [9.17, 15) is 19.3 Å². The molecule has 0 fully saturated rings. The monoisotopic (exact) mass is 251 g/mol. The number of amides is 1. The van der Waals surface area contributed by atoms with Crippen molar-refractivity contribution in [3.8, 4) is 0 Å². The molecule has 0 aliphatic heterocycles. The predicted molar refractivity (Wildman–Crippen MR) is 57.5 cm³/mol. The standard InChI is InChI=1S/C10H6FN3O4/c11-7-2-1-6(5-8(7)14(16)17)10(15)12-9-3-4-18-13-9/h1-5H,(H,12,13,15). The number of nitro groups is 1. The van der Waals surface area contributed by atoms with Crippen LogP contribution in [0.4, 0.5) is 15.9 Å². The second-order valence-corrected chi connectivity index (χ2v) is 3.26. The Kier molecular flexibility index (Phi) is 3.00. The van der Waals surface area contributed by atoms with Crippen molar-refractivity contribution in [2.45, 2.75) is 0 Å². The number of halogens is 1. The number of nitrogens with one attached hydrogen (secondary N) is 1. The highest BCUT2D eigenvalue weighted by Crippen LogP contribution is 2.19. The van der Waals surface area contributed by atoms with Gasteiger partial charge in [-0.05, 0) is 12.1 Å². The molecule has 1 aromatic heterocycles. The second kappa shape index (κ2) is 4.62. The summed E-state index contributed by atoms with van der Waals surface area (Å²) in [5.74, 6) is -1.49. The van der Waals surface area contributed by atoms with Gasteiger partial charge in [0, 0.05) is 17.7 Å². The van der Waals surface area contributed by atoms with Crippen LogP contribution in [0.2, 0.25) is 0 Å². The van der Waals surface area contributed by atoms with E-state index in [0.717, 1.165) is 18.2 Å². The normalized spacial score (nSPS) is 10.1. The molecule has 0 aliphatic rings. The summed E-state index contributed by atoms with van der Waals surface area (Å²) in [6, 6.07) is 4.24. The van der Waals surface area contributed by atoms with Crippen molar-refractivity contribution in [3.63, 3.8) is 0 Å². The van der Waals surface area contributed by atoms with Crippen LogP contribution in [0.3, 0.4) is 0 Å². The first kappa shape index (κ1) is 11.7. The molecule has 0 saturated carbocycles. The van der Waals surface area contributed by atoms with Crippen molar-refractivity contribution in [1.29, 1.82) is 0 Å². The van der Waals surface area contributed by atoms with Crippen LogP contribution in [0, 0.1) is 15.9 Å². The topological polar surface area (TPSA) is 98.3 Å². The molecule has 8 heteroatoms. The van der Waals surface area contributed by atoms with E-state index < -0.39 is 22.3 Å². The molecule has 1 amide bonds. The third kappa shape index (κ3) is 2.32. The Hall–Kier alpha value is -2.77. The Morgan fingerprint density at radius 2 is 2.22 bits per heavy atom. The molecule has 0 saturated heterocycles. The minimum Gasteiger partial charge on any atom is -0.363 e. The van der Waals surface area contributed by atoms with Crippen molar-refractivity contribution >= 4 is 17.4 Å².